The third kappa shape index (κ3) is 2.38. The number of hydrogen-bond acceptors (Lipinski definition) is 0. The molecule has 0 atom stereocenters. The zero-order valence-electron chi connectivity index (χ0n) is 8.28. The van der Waals surface area contributed by atoms with Crippen molar-refractivity contribution < 1.29 is 0 Å². The summed E-state index contributed by atoms with van der Waals surface area (Å²) in [6.45, 7) is 9.26. The molecule has 0 aromatic carbocycles. The van der Waals surface area contributed by atoms with E-state index in [1.807, 2.05) is 0 Å². The topological polar surface area (TPSA) is 0 Å². The molecule has 0 rings (SSSR count). The Balaban J connectivity index is 4.35. The van der Waals surface area contributed by atoms with Gasteiger partial charge in [-0.25, -0.2) is 0 Å². The van der Waals surface area contributed by atoms with Crippen LogP contribution in [-0.4, -0.2) is 8.07 Å². The zero-order valence-corrected chi connectivity index (χ0v) is 9.28. The van der Waals surface area contributed by atoms with Gasteiger partial charge in [0.25, 0.3) is 0 Å². The Morgan fingerprint density at radius 2 is 1.73 bits per heavy atom. The number of rotatable bonds is 4. The summed E-state index contributed by atoms with van der Waals surface area (Å²) < 4.78 is 0. The second-order valence-electron chi connectivity index (χ2n) is 3.61. The van der Waals surface area contributed by atoms with E-state index in [9.17, 15) is 0 Å². The van der Waals surface area contributed by atoms with Crippen molar-refractivity contribution in [3.63, 3.8) is 0 Å². The van der Waals surface area contributed by atoms with Gasteiger partial charge in [-0.2, -0.15) is 0 Å². The quantitative estimate of drug-likeness (QED) is 0.445. The summed E-state index contributed by atoms with van der Waals surface area (Å²) >= 11 is 0. The fourth-order valence-corrected chi connectivity index (χ4v) is 5.17. The molecule has 0 aromatic heterocycles. The predicted octanol–water partition coefficient (Wildman–Crippen LogP) is 3.52. The van der Waals surface area contributed by atoms with Gasteiger partial charge in [-0.3, -0.25) is 0 Å². The highest BCUT2D eigenvalue weighted by Crippen LogP contribution is 2.32. The van der Waals surface area contributed by atoms with Gasteiger partial charge in [0.05, 0.1) is 8.07 Å². The average Bonchev–Trinajstić information content (AvgIpc) is 2.00. The van der Waals surface area contributed by atoms with Gasteiger partial charge in [0.2, 0.25) is 0 Å². The number of hydrogen-bond donors (Lipinski definition) is 0. The largest absolute Gasteiger partial charge is 0.120 e. The van der Waals surface area contributed by atoms with Crippen LogP contribution in [0.3, 0.4) is 0 Å². The Hall–Kier alpha value is -0.223. The standard InChI is InChI=1S/C10H20Si/c1-6-9-11(7-2,8-3)10(4)5/h1,10H,7-9H2,2-5H3. The fraction of sp³-hybridized carbons (Fsp3) is 0.800. The predicted molar refractivity (Wildman–Crippen MR) is 55.5 cm³/mol. The van der Waals surface area contributed by atoms with Crippen LogP contribution in [0, 0.1) is 12.3 Å². The average molecular weight is 168 g/mol. The Morgan fingerprint density at radius 1 is 1.27 bits per heavy atom. The first-order chi connectivity index (χ1) is 5.13. The first-order valence-electron chi connectivity index (χ1n) is 4.56. The van der Waals surface area contributed by atoms with Crippen LogP contribution in [0.15, 0.2) is 0 Å². The van der Waals surface area contributed by atoms with Crippen molar-refractivity contribution in [2.75, 3.05) is 0 Å². The maximum absolute atomic E-state index is 5.39. The molecule has 0 amide bonds. The lowest BCUT2D eigenvalue weighted by Crippen LogP contribution is -2.35. The summed E-state index contributed by atoms with van der Waals surface area (Å²) in [5.41, 5.74) is 0.841. The molecule has 0 aromatic rings. The fourth-order valence-electron chi connectivity index (χ4n) is 1.72. The second-order valence-corrected chi connectivity index (χ2v) is 9.25. The van der Waals surface area contributed by atoms with E-state index in [0.717, 1.165) is 11.6 Å². The lowest BCUT2D eigenvalue weighted by atomic mass is 10.6. The molecule has 0 unspecified atom stereocenters. The van der Waals surface area contributed by atoms with Crippen LogP contribution < -0.4 is 0 Å². The summed E-state index contributed by atoms with van der Waals surface area (Å²) in [6, 6.07) is 3.74. The maximum atomic E-state index is 5.39. The SMILES string of the molecule is C#CC[Si](CC)(CC)C(C)C. The highest BCUT2D eigenvalue weighted by atomic mass is 28.3. The van der Waals surface area contributed by atoms with Gasteiger partial charge in [-0.15, -0.1) is 12.3 Å². The van der Waals surface area contributed by atoms with Gasteiger partial charge in [-0.1, -0.05) is 45.3 Å². The van der Waals surface area contributed by atoms with Gasteiger partial charge in [0.1, 0.15) is 0 Å². The van der Waals surface area contributed by atoms with Crippen molar-refractivity contribution in [2.24, 2.45) is 0 Å². The lowest BCUT2D eigenvalue weighted by molar-refractivity contribution is 0.956. The minimum absolute atomic E-state index is 0.841. The molecule has 0 aliphatic heterocycles. The lowest BCUT2D eigenvalue weighted by Gasteiger charge is -2.31. The van der Waals surface area contributed by atoms with E-state index in [1.54, 1.807) is 0 Å². The molecular formula is C10H20Si. The molecule has 0 saturated heterocycles. The Morgan fingerprint density at radius 3 is 1.82 bits per heavy atom. The number of terminal acetylenes is 1. The summed E-state index contributed by atoms with van der Waals surface area (Å²) in [4.78, 5) is 0. The summed E-state index contributed by atoms with van der Waals surface area (Å²) in [5.74, 6) is 2.85. The van der Waals surface area contributed by atoms with Crippen LogP contribution in [0.4, 0.5) is 0 Å². The Bertz CT molecular complexity index is 137. The third-order valence-corrected chi connectivity index (χ3v) is 9.26. The van der Waals surface area contributed by atoms with Crippen LogP contribution in [0.5, 0.6) is 0 Å². The summed E-state index contributed by atoms with van der Waals surface area (Å²) in [5, 5.41) is 0. The minimum Gasteiger partial charge on any atom is -0.120 e. The molecule has 0 radical (unpaired) electrons. The monoisotopic (exact) mass is 168 g/mol. The van der Waals surface area contributed by atoms with Gasteiger partial charge < -0.3 is 0 Å². The molecule has 0 nitrogen and oxygen atoms in total. The summed E-state index contributed by atoms with van der Waals surface area (Å²) in [7, 11) is -1.06. The second kappa shape index (κ2) is 4.61. The molecule has 0 bridgehead atoms. The highest BCUT2D eigenvalue weighted by molar-refractivity contribution is 6.81. The van der Waals surface area contributed by atoms with E-state index in [-0.39, 0.29) is 0 Å². The first kappa shape index (κ1) is 10.8. The van der Waals surface area contributed by atoms with Gasteiger partial charge in [0.15, 0.2) is 0 Å². The van der Waals surface area contributed by atoms with Crippen LogP contribution in [-0.2, 0) is 0 Å². The summed E-state index contributed by atoms with van der Waals surface area (Å²) in [6.07, 6.45) is 5.39. The van der Waals surface area contributed by atoms with E-state index in [0.29, 0.717) is 0 Å². The smallest absolute Gasteiger partial charge is 0.0684 e. The molecule has 0 aliphatic rings. The van der Waals surface area contributed by atoms with E-state index >= 15 is 0 Å². The molecule has 0 fully saturated rings. The van der Waals surface area contributed by atoms with E-state index in [2.05, 4.69) is 33.6 Å². The molecular weight excluding hydrogens is 148 g/mol. The van der Waals surface area contributed by atoms with Crippen molar-refractivity contribution in [3.8, 4) is 12.3 Å². The van der Waals surface area contributed by atoms with Crippen LogP contribution in [0.25, 0.3) is 0 Å². The molecule has 0 aliphatic carbocycles. The van der Waals surface area contributed by atoms with Gasteiger partial charge >= 0.3 is 0 Å². The third-order valence-electron chi connectivity index (χ3n) is 3.09. The Labute approximate surface area is 72.4 Å². The molecule has 0 spiro atoms. The maximum Gasteiger partial charge on any atom is 0.0684 e. The van der Waals surface area contributed by atoms with Gasteiger partial charge in [-0.05, 0) is 0 Å². The van der Waals surface area contributed by atoms with Crippen LogP contribution >= 0.6 is 0 Å². The van der Waals surface area contributed by atoms with Crippen molar-refractivity contribution in [2.45, 2.75) is 51.4 Å². The molecule has 0 heterocycles. The molecule has 11 heavy (non-hydrogen) atoms. The van der Waals surface area contributed by atoms with E-state index < -0.39 is 8.07 Å². The molecule has 0 saturated carbocycles. The van der Waals surface area contributed by atoms with Crippen LogP contribution in [0.2, 0.25) is 23.7 Å². The minimum atomic E-state index is -1.06. The van der Waals surface area contributed by atoms with E-state index in [4.69, 9.17) is 6.42 Å². The molecule has 1 heteroatoms. The van der Waals surface area contributed by atoms with E-state index in [1.165, 1.54) is 12.1 Å². The van der Waals surface area contributed by atoms with Crippen molar-refractivity contribution in [1.29, 1.82) is 0 Å². The molecule has 0 N–H and O–H groups in total. The Kier molecular flexibility index (Phi) is 4.52. The highest BCUT2D eigenvalue weighted by Gasteiger charge is 2.31. The first-order valence-corrected chi connectivity index (χ1v) is 7.26. The normalized spacial score (nSPS) is 11.6. The van der Waals surface area contributed by atoms with Crippen molar-refractivity contribution in [1.82, 2.24) is 0 Å². The zero-order chi connectivity index (χ0) is 8.91. The van der Waals surface area contributed by atoms with Gasteiger partial charge in [0, 0.05) is 6.04 Å². The van der Waals surface area contributed by atoms with Crippen LogP contribution in [0.1, 0.15) is 27.7 Å². The van der Waals surface area contributed by atoms with Crippen molar-refractivity contribution in [3.05, 3.63) is 0 Å². The molecule has 64 valence electrons. The van der Waals surface area contributed by atoms with Crippen molar-refractivity contribution >= 4 is 8.07 Å².